The smallest absolute Gasteiger partial charge is 0.302 e. The lowest BCUT2D eigenvalue weighted by molar-refractivity contribution is -0.141. The van der Waals surface area contributed by atoms with Gasteiger partial charge >= 0.3 is 5.97 Å². The summed E-state index contributed by atoms with van der Waals surface area (Å²) in [5.74, 6) is 0.827. The highest BCUT2D eigenvalue weighted by Crippen LogP contribution is 2.27. The largest absolute Gasteiger partial charge is 0.508 e. The number of hydrogen-bond acceptors (Lipinski definition) is 4. The summed E-state index contributed by atoms with van der Waals surface area (Å²) in [5.41, 5.74) is 1.85. The van der Waals surface area contributed by atoms with Crippen molar-refractivity contribution in [1.82, 2.24) is 0 Å². The van der Waals surface area contributed by atoms with Gasteiger partial charge in [-0.2, -0.15) is 0 Å². The molecule has 0 unspecified atom stereocenters. The molecule has 0 heterocycles. The van der Waals surface area contributed by atoms with Gasteiger partial charge in [0.15, 0.2) is 0 Å². The second-order valence-corrected chi connectivity index (χ2v) is 4.30. The highest BCUT2D eigenvalue weighted by Gasteiger charge is 2.05. The van der Waals surface area contributed by atoms with Crippen LogP contribution in [-0.4, -0.2) is 24.3 Å². The molecule has 0 aromatic heterocycles. The predicted molar refractivity (Wildman–Crippen MR) is 68.9 cm³/mol. The minimum Gasteiger partial charge on any atom is -0.508 e. The lowest BCUT2D eigenvalue weighted by Crippen LogP contribution is -2.04. The lowest BCUT2D eigenvalue weighted by Gasteiger charge is -2.12. The van der Waals surface area contributed by atoms with Crippen molar-refractivity contribution in [1.29, 1.82) is 0 Å². The molecule has 0 saturated carbocycles. The minimum absolute atomic E-state index is 0.249. The molecule has 1 rings (SSSR count). The summed E-state index contributed by atoms with van der Waals surface area (Å²) >= 11 is 0. The molecule has 0 aliphatic rings. The average Bonchev–Trinajstić information content (AvgIpc) is 2.25. The molecule has 0 amide bonds. The van der Waals surface area contributed by atoms with E-state index in [4.69, 9.17) is 9.47 Å². The van der Waals surface area contributed by atoms with Crippen LogP contribution in [-0.2, 0) is 9.53 Å². The Bertz CT molecular complexity index is 389. The Labute approximate surface area is 108 Å². The normalized spacial score (nSPS) is 10.2. The van der Waals surface area contributed by atoms with Gasteiger partial charge in [-0.25, -0.2) is 0 Å². The molecular weight excluding hydrogens is 232 g/mol. The molecule has 0 aliphatic carbocycles. The second-order valence-electron chi connectivity index (χ2n) is 4.30. The van der Waals surface area contributed by atoms with Crippen LogP contribution >= 0.6 is 0 Å². The first kappa shape index (κ1) is 14.4. The average molecular weight is 252 g/mol. The van der Waals surface area contributed by atoms with Gasteiger partial charge in [0.25, 0.3) is 0 Å². The summed E-state index contributed by atoms with van der Waals surface area (Å²) in [5, 5.41) is 9.41. The summed E-state index contributed by atoms with van der Waals surface area (Å²) in [6, 6.07) is 3.36. The first-order chi connectivity index (χ1) is 8.50. The fourth-order valence-corrected chi connectivity index (χ4v) is 1.75. The van der Waals surface area contributed by atoms with Crippen LogP contribution in [0.5, 0.6) is 11.5 Å². The van der Waals surface area contributed by atoms with Gasteiger partial charge in [-0.1, -0.05) is 0 Å². The SMILES string of the molecule is CC(=O)OCCCCOc1c(C)cc(O)cc1C. The molecule has 1 N–H and O–H groups in total. The first-order valence-electron chi connectivity index (χ1n) is 6.07. The molecule has 0 atom stereocenters. The molecule has 18 heavy (non-hydrogen) atoms. The molecule has 0 aliphatic heterocycles. The van der Waals surface area contributed by atoms with Crippen LogP contribution in [0, 0.1) is 13.8 Å². The maximum Gasteiger partial charge on any atom is 0.302 e. The van der Waals surface area contributed by atoms with Gasteiger partial charge in [-0.05, 0) is 49.9 Å². The maximum atomic E-state index is 10.5. The Morgan fingerprint density at radius 3 is 2.28 bits per heavy atom. The predicted octanol–water partition coefficient (Wildman–Crippen LogP) is 2.73. The number of carbonyl (C=O) groups is 1. The quantitative estimate of drug-likeness (QED) is 0.624. The molecule has 0 saturated heterocycles. The van der Waals surface area contributed by atoms with Crippen molar-refractivity contribution in [2.24, 2.45) is 0 Å². The van der Waals surface area contributed by atoms with Gasteiger partial charge in [-0.3, -0.25) is 4.79 Å². The maximum absolute atomic E-state index is 10.5. The number of phenolic OH excluding ortho intramolecular Hbond substituents is 1. The van der Waals surface area contributed by atoms with E-state index in [1.54, 1.807) is 12.1 Å². The van der Waals surface area contributed by atoms with Gasteiger partial charge in [0, 0.05) is 6.92 Å². The van der Waals surface area contributed by atoms with E-state index in [1.165, 1.54) is 6.92 Å². The number of rotatable bonds is 6. The molecule has 1 aromatic rings. The van der Waals surface area contributed by atoms with E-state index < -0.39 is 0 Å². The van der Waals surface area contributed by atoms with Crippen molar-refractivity contribution < 1.29 is 19.4 Å². The van der Waals surface area contributed by atoms with Crippen LogP contribution in [0.2, 0.25) is 0 Å². The zero-order valence-electron chi connectivity index (χ0n) is 11.2. The Balaban J connectivity index is 2.33. The summed E-state index contributed by atoms with van der Waals surface area (Å²) in [7, 11) is 0. The van der Waals surface area contributed by atoms with Gasteiger partial charge < -0.3 is 14.6 Å². The van der Waals surface area contributed by atoms with E-state index in [9.17, 15) is 9.90 Å². The van der Waals surface area contributed by atoms with Crippen molar-refractivity contribution in [3.63, 3.8) is 0 Å². The highest BCUT2D eigenvalue weighted by atomic mass is 16.5. The zero-order valence-corrected chi connectivity index (χ0v) is 11.2. The lowest BCUT2D eigenvalue weighted by atomic mass is 10.1. The van der Waals surface area contributed by atoms with Gasteiger partial charge in [0.1, 0.15) is 11.5 Å². The molecule has 4 heteroatoms. The van der Waals surface area contributed by atoms with Crippen LogP contribution in [0.1, 0.15) is 30.9 Å². The first-order valence-corrected chi connectivity index (χ1v) is 6.07. The Morgan fingerprint density at radius 1 is 1.17 bits per heavy atom. The van der Waals surface area contributed by atoms with Crippen LogP contribution < -0.4 is 4.74 Å². The summed E-state index contributed by atoms with van der Waals surface area (Å²) in [4.78, 5) is 10.5. The third kappa shape index (κ3) is 4.65. The monoisotopic (exact) mass is 252 g/mol. The molecule has 100 valence electrons. The number of ether oxygens (including phenoxy) is 2. The number of hydrogen-bond donors (Lipinski definition) is 1. The van der Waals surface area contributed by atoms with E-state index in [-0.39, 0.29) is 11.7 Å². The van der Waals surface area contributed by atoms with Crippen LogP contribution in [0.25, 0.3) is 0 Å². The fraction of sp³-hybridized carbons (Fsp3) is 0.500. The topological polar surface area (TPSA) is 55.8 Å². The van der Waals surface area contributed by atoms with Gasteiger partial charge in [0.2, 0.25) is 0 Å². The van der Waals surface area contributed by atoms with Crippen LogP contribution in [0.15, 0.2) is 12.1 Å². The number of aryl methyl sites for hydroxylation is 2. The van der Waals surface area contributed by atoms with Crippen LogP contribution in [0.3, 0.4) is 0 Å². The number of esters is 1. The van der Waals surface area contributed by atoms with Gasteiger partial charge in [0.05, 0.1) is 13.2 Å². The Kier molecular flexibility index (Phi) is 5.49. The third-order valence-corrected chi connectivity index (χ3v) is 2.54. The number of unbranched alkanes of at least 4 members (excludes halogenated alkanes) is 1. The van der Waals surface area contributed by atoms with Crippen molar-refractivity contribution in [2.75, 3.05) is 13.2 Å². The molecule has 0 bridgehead atoms. The van der Waals surface area contributed by atoms with Crippen molar-refractivity contribution in [3.05, 3.63) is 23.3 Å². The highest BCUT2D eigenvalue weighted by molar-refractivity contribution is 5.65. The third-order valence-electron chi connectivity index (χ3n) is 2.54. The van der Waals surface area contributed by atoms with Crippen molar-refractivity contribution in [2.45, 2.75) is 33.6 Å². The summed E-state index contributed by atoms with van der Waals surface area (Å²) in [6.45, 7) is 6.22. The molecule has 0 spiro atoms. The van der Waals surface area contributed by atoms with Crippen molar-refractivity contribution >= 4 is 5.97 Å². The summed E-state index contributed by atoms with van der Waals surface area (Å²) < 4.78 is 10.5. The Hall–Kier alpha value is -1.71. The number of aromatic hydroxyl groups is 1. The number of carbonyl (C=O) groups excluding carboxylic acids is 1. The molecule has 1 aromatic carbocycles. The van der Waals surface area contributed by atoms with Gasteiger partial charge in [-0.15, -0.1) is 0 Å². The van der Waals surface area contributed by atoms with E-state index in [2.05, 4.69) is 0 Å². The number of benzene rings is 1. The van der Waals surface area contributed by atoms with Crippen LogP contribution in [0.4, 0.5) is 0 Å². The summed E-state index contributed by atoms with van der Waals surface area (Å²) in [6.07, 6.45) is 1.61. The van der Waals surface area contributed by atoms with E-state index in [0.717, 1.165) is 29.7 Å². The van der Waals surface area contributed by atoms with Crippen molar-refractivity contribution in [3.8, 4) is 11.5 Å². The molecule has 0 fully saturated rings. The Morgan fingerprint density at radius 2 is 1.72 bits per heavy atom. The fourth-order valence-electron chi connectivity index (χ4n) is 1.75. The van der Waals surface area contributed by atoms with E-state index >= 15 is 0 Å². The number of phenols is 1. The molecule has 4 nitrogen and oxygen atoms in total. The van der Waals surface area contributed by atoms with E-state index in [0.29, 0.717) is 13.2 Å². The van der Waals surface area contributed by atoms with E-state index in [1.807, 2.05) is 13.8 Å². The molecule has 0 radical (unpaired) electrons. The zero-order chi connectivity index (χ0) is 13.5. The standard InChI is InChI=1S/C14H20O4/c1-10-8-13(16)9-11(2)14(10)18-7-5-4-6-17-12(3)15/h8-9,16H,4-7H2,1-3H3. The second kappa shape index (κ2) is 6.89. The molecular formula is C14H20O4. The minimum atomic E-state index is -0.249.